The molecule has 0 saturated heterocycles. The van der Waals surface area contributed by atoms with Crippen molar-refractivity contribution < 1.29 is 35.4 Å². The molecule has 0 aromatic heterocycles. The van der Waals surface area contributed by atoms with Crippen molar-refractivity contribution in [2.24, 2.45) is 28.6 Å². The minimum atomic E-state index is -1.46. The molecule has 0 aliphatic heterocycles. The maximum atomic E-state index is 13.2. The maximum absolute atomic E-state index is 13.2. The molecule has 0 amide bonds. The van der Waals surface area contributed by atoms with Crippen LogP contribution in [0.1, 0.15) is 86.0 Å². The Balaban J connectivity index is 1.66. The van der Waals surface area contributed by atoms with Gasteiger partial charge < -0.3 is 30.6 Å². The summed E-state index contributed by atoms with van der Waals surface area (Å²) in [5.74, 6) is -0.948. The highest BCUT2D eigenvalue weighted by Crippen LogP contribution is 2.68. The van der Waals surface area contributed by atoms with E-state index in [2.05, 4.69) is 0 Å². The number of fused-ring (bicyclic) bond motifs is 5. The van der Waals surface area contributed by atoms with E-state index in [1.165, 1.54) is 0 Å². The normalized spacial score (nSPS) is 47.2. The van der Waals surface area contributed by atoms with Gasteiger partial charge in [-0.3, -0.25) is 4.79 Å². The van der Waals surface area contributed by atoms with Gasteiger partial charge in [-0.1, -0.05) is 13.8 Å². The molecule has 7 nitrogen and oxygen atoms in total. The van der Waals surface area contributed by atoms with Crippen LogP contribution < -0.4 is 0 Å². The molecule has 3 fully saturated rings. The highest BCUT2D eigenvalue weighted by molar-refractivity contribution is 5.95. The first-order valence-electron chi connectivity index (χ1n) is 12.9. The van der Waals surface area contributed by atoms with Crippen LogP contribution in [-0.2, 0) is 4.79 Å². The topological polar surface area (TPSA) is 138 Å². The van der Waals surface area contributed by atoms with Crippen LogP contribution in [0.5, 0.6) is 0 Å². The number of rotatable bonds is 5. The third-order valence-corrected chi connectivity index (χ3v) is 10.5. The summed E-state index contributed by atoms with van der Waals surface area (Å²) in [6, 6.07) is 0. The summed E-state index contributed by atoms with van der Waals surface area (Å²) in [6.07, 6.45) is 2.11. The standard InChI is InChI=1S/C27H44O7/c1-23(2,32)9-8-22(31)26(5,33)21-7-11-27(34)16-12-18(28)17-13-19(29)20(30)14-24(17,3)15(16)6-10-25(21,27)4/h12,15,17,19-22,29-34H,6-11,13-14H2,1-5H3/t15?,17?,19?,20?,21-,22+,24+,25+,26+,27+/m0/s1. The molecule has 0 bridgehead atoms. The second-order valence-electron chi connectivity index (χ2n) is 13.2. The van der Waals surface area contributed by atoms with E-state index in [1.54, 1.807) is 26.8 Å². The zero-order chi connectivity index (χ0) is 25.5. The van der Waals surface area contributed by atoms with Crippen LogP contribution in [0.3, 0.4) is 0 Å². The molecular weight excluding hydrogens is 436 g/mol. The summed E-state index contributed by atoms with van der Waals surface area (Å²) in [7, 11) is 0. The predicted octanol–water partition coefficient (Wildman–Crippen LogP) is 1.85. The third kappa shape index (κ3) is 3.73. The van der Waals surface area contributed by atoms with Crippen LogP contribution in [0.2, 0.25) is 0 Å². The summed E-state index contributed by atoms with van der Waals surface area (Å²) in [5.41, 5.74) is -4.27. The molecule has 0 aromatic carbocycles. The van der Waals surface area contributed by atoms with E-state index in [-0.39, 0.29) is 36.4 Å². The van der Waals surface area contributed by atoms with E-state index < -0.39 is 45.9 Å². The van der Waals surface area contributed by atoms with E-state index in [9.17, 15) is 35.4 Å². The third-order valence-electron chi connectivity index (χ3n) is 10.5. The minimum Gasteiger partial charge on any atom is -0.390 e. The molecule has 4 aliphatic rings. The number of hydrogen-bond donors (Lipinski definition) is 6. The summed E-state index contributed by atoms with van der Waals surface area (Å²) >= 11 is 0. The number of aliphatic hydroxyl groups excluding tert-OH is 3. The fraction of sp³-hybridized carbons (Fsp3) is 0.889. The van der Waals surface area contributed by atoms with Crippen molar-refractivity contribution in [3.05, 3.63) is 11.6 Å². The predicted molar refractivity (Wildman–Crippen MR) is 127 cm³/mol. The van der Waals surface area contributed by atoms with Crippen LogP contribution in [-0.4, -0.2) is 71.5 Å². The monoisotopic (exact) mass is 480 g/mol. The lowest BCUT2D eigenvalue weighted by atomic mass is 9.45. The number of allylic oxidation sites excluding steroid dienone is 1. The van der Waals surface area contributed by atoms with Gasteiger partial charge in [-0.05, 0) is 101 Å². The molecule has 0 heterocycles. The molecule has 3 saturated carbocycles. The van der Waals surface area contributed by atoms with E-state index in [4.69, 9.17) is 0 Å². The number of ketones is 1. The van der Waals surface area contributed by atoms with Gasteiger partial charge in [0.05, 0.1) is 35.1 Å². The molecule has 0 aromatic rings. The fourth-order valence-corrected chi connectivity index (χ4v) is 8.32. The van der Waals surface area contributed by atoms with E-state index in [0.717, 1.165) is 0 Å². The maximum Gasteiger partial charge on any atom is 0.159 e. The van der Waals surface area contributed by atoms with Gasteiger partial charge in [-0.2, -0.15) is 0 Å². The Hall–Kier alpha value is -0.830. The Labute approximate surface area is 202 Å². The van der Waals surface area contributed by atoms with Crippen LogP contribution >= 0.6 is 0 Å². The van der Waals surface area contributed by atoms with Gasteiger partial charge in [0.1, 0.15) is 0 Å². The fourth-order valence-electron chi connectivity index (χ4n) is 8.32. The lowest BCUT2D eigenvalue weighted by Crippen LogP contribution is -2.62. The van der Waals surface area contributed by atoms with Crippen LogP contribution in [0, 0.1) is 28.6 Å². The van der Waals surface area contributed by atoms with Gasteiger partial charge in [-0.25, -0.2) is 0 Å². The zero-order valence-electron chi connectivity index (χ0n) is 21.3. The van der Waals surface area contributed by atoms with Crippen LogP contribution in [0.15, 0.2) is 11.6 Å². The van der Waals surface area contributed by atoms with Gasteiger partial charge in [0.15, 0.2) is 5.78 Å². The summed E-state index contributed by atoms with van der Waals surface area (Å²) in [5, 5.41) is 65.5. The molecule has 10 atom stereocenters. The summed E-state index contributed by atoms with van der Waals surface area (Å²) in [4.78, 5) is 13.2. The van der Waals surface area contributed by atoms with E-state index >= 15 is 0 Å². The number of carbonyl (C=O) groups excluding carboxylic acids is 1. The first kappa shape index (κ1) is 26.2. The number of hydrogen-bond acceptors (Lipinski definition) is 7. The quantitative estimate of drug-likeness (QED) is 0.353. The SMILES string of the molecule is CC(C)(O)CC[C@@H](O)[C@](C)(O)[C@H]1CC[C@@]2(O)C3=CC(=O)C4CC(O)C(O)C[C@]4(C)C3CC[C@]12C. The van der Waals surface area contributed by atoms with Gasteiger partial charge >= 0.3 is 0 Å². The van der Waals surface area contributed by atoms with E-state index in [1.807, 2.05) is 13.8 Å². The van der Waals surface area contributed by atoms with Gasteiger partial charge in [0.2, 0.25) is 0 Å². The Morgan fingerprint density at radius 3 is 2.32 bits per heavy atom. The van der Waals surface area contributed by atoms with Crippen molar-refractivity contribution in [2.75, 3.05) is 0 Å². The summed E-state index contributed by atoms with van der Waals surface area (Å²) < 4.78 is 0. The Morgan fingerprint density at radius 1 is 1.06 bits per heavy atom. The lowest BCUT2D eigenvalue weighted by molar-refractivity contribution is -0.177. The number of carbonyl (C=O) groups is 1. The summed E-state index contributed by atoms with van der Waals surface area (Å²) in [6.45, 7) is 8.96. The van der Waals surface area contributed by atoms with Crippen molar-refractivity contribution in [2.45, 2.75) is 121 Å². The highest BCUT2D eigenvalue weighted by Gasteiger charge is 2.69. The molecule has 4 rings (SSSR count). The second kappa shape index (κ2) is 8.09. The highest BCUT2D eigenvalue weighted by atomic mass is 16.3. The van der Waals surface area contributed by atoms with Crippen molar-refractivity contribution >= 4 is 5.78 Å². The number of aliphatic hydroxyl groups is 6. The Morgan fingerprint density at radius 2 is 1.71 bits per heavy atom. The largest absolute Gasteiger partial charge is 0.390 e. The Bertz CT molecular complexity index is 860. The van der Waals surface area contributed by atoms with Gasteiger partial charge in [-0.15, -0.1) is 0 Å². The second-order valence-corrected chi connectivity index (χ2v) is 13.2. The van der Waals surface area contributed by atoms with Crippen molar-refractivity contribution in [1.29, 1.82) is 0 Å². The molecule has 7 heteroatoms. The van der Waals surface area contributed by atoms with Gasteiger partial charge in [0, 0.05) is 11.3 Å². The molecule has 34 heavy (non-hydrogen) atoms. The smallest absolute Gasteiger partial charge is 0.159 e. The molecule has 6 N–H and O–H groups in total. The first-order chi connectivity index (χ1) is 15.5. The lowest BCUT2D eigenvalue weighted by Gasteiger charge is -2.60. The molecule has 0 spiro atoms. The molecular formula is C27H44O7. The molecule has 194 valence electrons. The van der Waals surface area contributed by atoms with Crippen LogP contribution in [0.25, 0.3) is 0 Å². The van der Waals surface area contributed by atoms with E-state index in [0.29, 0.717) is 44.1 Å². The average molecular weight is 481 g/mol. The van der Waals surface area contributed by atoms with Crippen LogP contribution in [0.4, 0.5) is 0 Å². The zero-order valence-corrected chi connectivity index (χ0v) is 21.3. The van der Waals surface area contributed by atoms with Gasteiger partial charge in [0.25, 0.3) is 0 Å². The molecule has 0 radical (unpaired) electrons. The van der Waals surface area contributed by atoms with Crippen molar-refractivity contribution in [3.63, 3.8) is 0 Å². The Kier molecular flexibility index (Phi) is 6.24. The molecule has 4 unspecified atom stereocenters. The first-order valence-corrected chi connectivity index (χ1v) is 12.9. The minimum absolute atomic E-state index is 0.0840. The molecule has 4 aliphatic carbocycles. The van der Waals surface area contributed by atoms with Crippen molar-refractivity contribution in [1.82, 2.24) is 0 Å². The average Bonchev–Trinajstić information content (AvgIpc) is 3.00. The van der Waals surface area contributed by atoms with Crippen molar-refractivity contribution in [3.8, 4) is 0 Å².